The van der Waals surface area contributed by atoms with Crippen molar-refractivity contribution in [2.45, 2.75) is 18.4 Å². The molecule has 118 valence electrons. The molecule has 0 saturated carbocycles. The normalized spacial score (nSPS) is 20.9. The monoisotopic (exact) mass is 352 g/mol. The summed E-state index contributed by atoms with van der Waals surface area (Å²) in [5, 5.41) is 7.24. The van der Waals surface area contributed by atoms with Crippen LogP contribution in [-0.4, -0.2) is 38.3 Å². The number of methoxy groups -OCH3 is 1. The molecule has 1 aromatic rings. The van der Waals surface area contributed by atoms with Gasteiger partial charge in [-0.2, -0.15) is 0 Å². The quantitative estimate of drug-likeness (QED) is 0.856. The number of amides is 1. The summed E-state index contributed by atoms with van der Waals surface area (Å²) in [6.45, 7) is 2.04. The minimum Gasteiger partial charge on any atom is -0.383 e. The van der Waals surface area contributed by atoms with Crippen molar-refractivity contribution in [2.75, 3.05) is 26.8 Å². The summed E-state index contributed by atoms with van der Waals surface area (Å²) in [5.74, 6) is -0.182. The SMILES string of the molecule is COCC1(CNC(=O)c2cc(Cl)cc(Cl)c2)CCCN1.Cl. The Kier molecular flexibility index (Phi) is 7.24. The zero-order valence-electron chi connectivity index (χ0n) is 11.7. The molecule has 1 aromatic carbocycles. The van der Waals surface area contributed by atoms with Crippen molar-refractivity contribution in [3.8, 4) is 0 Å². The molecule has 0 bridgehead atoms. The van der Waals surface area contributed by atoms with Crippen LogP contribution in [0, 0.1) is 0 Å². The summed E-state index contributed by atoms with van der Waals surface area (Å²) in [6, 6.07) is 4.81. The van der Waals surface area contributed by atoms with Crippen LogP contribution >= 0.6 is 35.6 Å². The molecule has 1 amide bonds. The predicted octanol–water partition coefficient (Wildman–Crippen LogP) is 2.91. The Labute approximate surface area is 140 Å². The van der Waals surface area contributed by atoms with E-state index < -0.39 is 0 Å². The number of carbonyl (C=O) groups is 1. The summed E-state index contributed by atoms with van der Waals surface area (Å²) in [4.78, 5) is 12.2. The van der Waals surface area contributed by atoms with Crippen LogP contribution < -0.4 is 10.6 Å². The molecule has 0 radical (unpaired) electrons. The van der Waals surface area contributed by atoms with Crippen molar-refractivity contribution < 1.29 is 9.53 Å². The largest absolute Gasteiger partial charge is 0.383 e. The molecule has 1 aliphatic rings. The van der Waals surface area contributed by atoms with Gasteiger partial charge < -0.3 is 15.4 Å². The first-order chi connectivity index (χ1) is 9.54. The Hall–Kier alpha value is -0.520. The molecule has 0 aromatic heterocycles. The second-order valence-corrected chi connectivity index (χ2v) is 5.96. The molecule has 21 heavy (non-hydrogen) atoms. The number of hydrogen-bond acceptors (Lipinski definition) is 3. The van der Waals surface area contributed by atoms with Crippen LogP contribution in [-0.2, 0) is 4.74 Å². The van der Waals surface area contributed by atoms with Gasteiger partial charge in [0.25, 0.3) is 5.91 Å². The number of carbonyl (C=O) groups excluding carboxylic acids is 1. The standard InChI is InChI=1S/C14H18Cl2N2O2.ClH/c1-20-9-14(3-2-4-18-14)8-17-13(19)10-5-11(15)7-12(16)6-10;/h5-7,18H,2-4,8-9H2,1H3,(H,17,19);1H. The molecule has 1 unspecified atom stereocenters. The molecular weight excluding hydrogens is 335 g/mol. The molecule has 1 aliphatic heterocycles. The van der Waals surface area contributed by atoms with Gasteiger partial charge in [-0.05, 0) is 37.6 Å². The maximum atomic E-state index is 12.2. The third kappa shape index (κ3) is 5.01. The van der Waals surface area contributed by atoms with Gasteiger partial charge in [0.05, 0.1) is 12.1 Å². The maximum absolute atomic E-state index is 12.2. The van der Waals surface area contributed by atoms with E-state index in [1.165, 1.54) is 0 Å². The van der Waals surface area contributed by atoms with E-state index >= 15 is 0 Å². The fourth-order valence-corrected chi connectivity index (χ4v) is 3.03. The lowest BCUT2D eigenvalue weighted by Crippen LogP contribution is -2.53. The molecule has 1 heterocycles. The Morgan fingerprint density at radius 1 is 1.38 bits per heavy atom. The van der Waals surface area contributed by atoms with E-state index in [0.717, 1.165) is 19.4 Å². The Balaban J connectivity index is 0.00000220. The highest BCUT2D eigenvalue weighted by molar-refractivity contribution is 6.35. The summed E-state index contributed by atoms with van der Waals surface area (Å²) in [6.07, 6.45) is 2.07. The van der Waals surface area contributed by atoms with Gasteiger partial charge in [-0.15, -0.1) is 12.4 Å². The Morgan fingerprint density at radius 3 is 2.57 bits per heavy atom. The molecule has 0 spiro atoms. The molecule has 1 saturated heterocycles. The van der Waals surface area contributed by atoms with Gasteiger partial charge in [-0.25, -0.2) is 0 Å². The minimum atomic E-state index is -0.182. The van der Waals surface area contributed by atoms with E-state index in [0.29, 0.717) is 28.8 Å². The zero-order chi connectivity index (χ0) is 14.6. The molecule has 1 atom stereocenters. The fraction of sp³-hybridized carbons (Fsp3) is 0.500. The molecule has 2 N–H and O–H groups in total. The lowest BCUT2D eigenvalue weighted by molar-refractivity contribution is 0.0892. The molecule has 7 heteroatoms. The molecule has 4 nitrogen and oxygen atoms in total. The number of ether oxygens (including phenoxy) is 1. The van der Waals surface area contributed by atoms with Crippen molar-refractivity contribution in [1.82, 2.24) is 10.6 Å². The van der Waals surface area contributed by atoms with Crippen LogP contribution in [0.2, 0.25) is 10.0 Å². The number of halogens is 3. The van der Waals surface area contributed by atoms with E-state index in [9.17, 15) is 4.79 Å². The second-order valence-electron chi connectivity index (χ2n) is 5.08. The topological polar surface area (TPSA) is 50.4 Å². The van der Waals surface area contributed by atoms with E-state index in [1.807, 2.05) is 0 Å². The van der Waals surface area contributed by atoms with Gasteiger partial charge in [0.2, 0.25) is 0 Å². The van der Waals surface area contributed by atoms with Crippen LogP contribution in [0.1, 0.15) is 23.2 Å². The van der Waals surface area contributed by atoms with E-state index in [2.05, 4.69) is 10.6 Å². The lowest BCUT2D eigenvalue weighted by atomic mass is 9.98. The summed E-state index contributed by atoms with van der Waals surface area (Å²) in [5.41, 5.74) is 0.292. The average Bonchev–Trinajstić information content (AvgIpc) is 2.84. The first-order valence-electron chi connectivity index (χ1n) is 6.53. The van der Waals surface area contributed by atoms with E-state index in [1.54, 1.807) is 25.3 Å². The zero-order valence-corrected chi connectivity index (χ0v) is 14.1. The Bertz CT molecular complexity index is 471. The highest BCUT2D eigenvalue weighted by Crippen LogP contribution is 2.21. The number of rotatable bonds is 5. The van der Waals surface area contributed by atoms with E-state index in [-0.39, 0.29) is 23.9 Å². The molecule has 2 rings (SSSR count). The van der Waals surface area contributed by atoms with Crippen LogP contribution in [0.5, 0.6) is 0 Å². The average molecular weight is 354 g/mol. The van der Waals surface area contributed by atoms with Crippen molar-refractivity contribution in [3.63, 3.8) is 0 Å². The molecule has 1 fully saturated rings. The second kappa shape index (κ2) is 8.20. The maximum Gasteiger partial charge on any atom is 0.251 e. The van der Waals surface area contributed by atoms with Crippen LogP contribution in [0.25, 0.3) is 0 Å². The van der Waals surface area contributed by atoms with Gasteiger partial charge in [0.15, 0.2) is 0 Å². The van der Waals surface area contributed by atoms with Gasteiger partial charge in [0.1, 0.15) is 0 Å². The van der Waals surface area contributed by atoms with Gasteiger partial charge in [-0.1, -0.05) is 23.2 Å². The first-order valence-corrected chi connectivity index (χ1v) is 7.28. The van der Waals surface area contributed by atoms with Crippen molar-refractivity contribution in [3.05, 3.63) is 33.8 Å². The van der Waals surface area contributed by atoms with Gasteiger partial charge >= 0.3 is 0 Å². The minimum absolute atomic E-state index is 0. The number of hydrogen-bond donors (Lipinski definition) is 2. The van der Waals surface area contributed by atoms with Gasteiger partial charge in [-0.3, -0.25) is 4.79 Å². The van der Waals surface area contributed by atoms with E-state index in [4.69, 9.17) is 27.9 Å². The highest BCUT2D eigenvalue weighted by atomic mass is 35.5. The first kappa shape index (κ1) is 18.5. The van der Waals surface area contributed by atoms with Crippen molar-refractivity contribution in [1.29, 1.82) is 0 Å². The van der Waals surface area contributed by atoms with Crippen LogP contribution in [0.3, 0.4) is 0 Å². The Morgan fingerprint density at radius 2 is 2.05 bits per heavy atom. The lowest BCUT2D eigenvalue weighted by Gasteiger charge is -2.29. The van der Waals surface area contributed by atoms with Crippen molar-refractivity contribution in [2.24, 2.45) is 0 Å². The molecular formula is C14H19Cl3N2O2. The predicted molar refractivity (Wildman–Crippen MR) is 87.9 cm³/mol. The third-order valence-corrected chi connectivity index (χ3v) is 3.90. The summed E-state index contributed by atoms with van der Waals surface area (Å²) >= 11 is 11.8. The summed E-state index contributed by atoms with van der Waals surface area (Å²) in [7, 11) is 1.67. The highest BCUT2D eigenvalue weighted by Gasteiger charge is 2.33. The summed E-state index contributed by atoms with van der Waals surface area (Å²) < 4.78 is 5.25. The molecule has 0 aliphatic carbocycles. The van der Waals surface area contributed by atoms with Crippen LogP contribution in [0.15, 0.2) is 18.2 Å². The van der Waals surface area contributed by atoms with Crippen LogP contribution in [0.4, 0.5) is 0 Å². The smallest absolute Gasteiger partial charge is 0.251 e. The number of benzene rings is 1. The fourth-order valence-electron chi connectivity index (χ4n) is 2.51. The number of nitrogens with one attached hydrogen (secondary N) is 2. The van der Waals surface area contributed by atoms with Crippen molar-refractivity contribution >= 4 is 41.5 Å². The van der Waals surface area contributed by atoms with Gasteiger partial charge in [0, 0.05) is 29.3 Å². The third-order valence-electron chi connectivity index (χ3n) is 3.46.